The molecular formula is C14H24O2. The molecule has 92 valence electrons. The Balaban J connectivity index is 2.05. The first kappa shape index (κ1) is 12.1. The third kappa shape index (κ3) is 2.18. The van der Waals surface area contributed by atoms with Crippen molar-refractivity contribution >= 4 is 0 Å². The minimum absolute atomic E-state index is 0.0297. The molecule has 0 saturated heterocycles. The third-order valence-corrected chi connectivity index (χ3v) is 4.77. The molecule has 2 aliphatic carbocycles. The van der Waals surface area contributed by atoms with Gasteiger partial charge in [-0.3, -0.25) is 0 Å². The molecule has 0 bridgehead atoms. The average Bonchev–Trinajstić information content (AvgIpc) is 2.51. The van der Waals surface area contributed by atoms with E-state index in [2.05, 4.69) is 13.8 Å². The second kappa shape index (κ2) is 4.15. The summed E-state index contributed by atoms with van der Waals surface area (Å²) in [5.74, 6) is 1.47. The van der Waals surface area contributed by atoms with Gasteiger partial charge in [0.15, 0.2) is 0 Å². The van der Waals surface area contributed by atoms with E-state index in [1.165, 1.54) is 12.8 Å². The molecule has 2 rings (SSSR count). The van der Waals surface area contributed by atoms with Gasteiger partial charge >= 0.3 is 0 Å². The highest BCUT2D eigenvalue weighted by atomic mass is 16.3. The van der Waals surface area contributed by atoms with Crippen LogP contribution in [0, 0.1) is 17.3 Å². The van der Waals surface area contributed by atoms with E-state index < -0.39 is 5.60 Å². The highest BCUT2D eigenvalue weighted by Gasteiger charge is 2.47. The number of hydrogen-bond acceptors (Lipinski definition) is 2. The first-order valence-corrected chi connectivity index (χ1v) is 6.48. The first-order valence-electron chi connectivity index (χ1n) is 6.48. The van der Waals surface area contributed by atoms with Crippen molar-refractivity contribution in [1.29, 1.82) is 0 Å². The lowest BCUT2D eigenvalue weighted by atomic mass is 9.67. The van der Waals surface area contributed by atoms with Gasteiger partial charge in [0.2, 0.25) is 0 Å². The Morgan fingerprint density at radius 2 is 2.00 bits per heavy atom. The van der Waals surface area contributed by atoms with Gasteiger partial charge in [0.05, 0.1) is 12.2 Å². The molecule has 0 aromatic heterocycles. The fraction of sp³-hybridized carbons (Fsp3) is 0.857. The fourth-order valence-corrected chi connectivity index (χ4v) is 3.84. The summed E-state index contributed by atoms with van der Waals surface area (Å²) >= 11 is 0. The summed E-state index contributed by atoms with van der Waals surface area (Å²) in [4.78, 5) is 0. The molecule has 0 radical (unpaired) electrons. The highest BCUT2D eigenvalue weighted by molar-refractivity contribution is 5.08. The van der Waals surface area contributed by atoms with Gasteiger partial charge < -0.3 is 10.2 Å². The summed E-state index contributed by atoms with van der Waals surface area (Å²) in [6.45, 7) is 4.76. The SMILES string of the molecule is CC1(C)CCC2CC(O)(/C=C/CO)CCC21. The van der Waals surface area contributed by atoms with Crippen molar-refractivity contribution in [2.24, 2.45) is 17.3 Å². The molecule has 2 N–H and O–H groups in total. The molecule has 0 heterocycles. The van der Waals surface area contributed by atoms with Crippen LogP contribution < -0.4 is 0 Å². The molecule has 0 aromatic carbocycles. The summed E-state index contributed by atoms with van der Waals surface area (Å²) in [5.41, 5.74) is -0.184. The van der Waals surface area contributed by atoms with Crippen LogP contribution >= 0.6 is 0 Å². The van der Waals surface area contributed by atoms with Crippen LogP contribution in [0.25, 0.3) is 0 Å². The standard InChI is InChI=1S/C14H24O2/c1-13(2)7-4-11-10-14(16,6-3-9-15)8-5-12(11)13/h3,6,11-12,15-16H,4-5,7-10H2,1-2H3/b6-3+. The maximum atomic E-state index is 10.4. The lowest BCUT2D eigenvalue weighted by Crippen LogP contribution is -2.38. The number of aliphatic hydroxyl groups is 2. The van der Waals surface area contributed by atoms with Gasteiger partial charge in [-0.15, -0.1) is 0 Å². The first-order chi connectivity index (χ1) is 7.47. The van der Waals surface area contributed by atoms with E-state index in [-0.39, 0.29) is 6.61 Å². The molecule has 16 heavy (non-hydrogen) atoms. The third-order valence-electron chi connectivity index (χ3n) is 4.77. The Morgan fingerprint density at radius 3 is 2.69 bits per heavy atom. The zero-order chi connectivity index (χ0) is 11.8. The minimum Gasteiger partial charge on any atom is -0.392 e. The summed E-state index contributed by atoms with van der Waals surface area (Å²) in [5, 5.41) is 19.2. The minimum atomic E-state index is -0.648. The number of fused-ring (bicyclic) bond motifs is 1. The van der Waals surface area contributed by atoms with E-state index in [0.717, 1.165) is 25.2 Å². The molecule has 2 fully saturated rings. The molecular weight excluding hydrogens is 200 g/mol. The summed E-state index contributed by atoms with van der Waals surface area (Å²) in [6, 6.07) is 0. The van der Waals surface area contributed by atoms with Crippen LogP contribution in [0.15, 0.2) is 12.2 Å². The summed E-state index contributed by atoms with van der Waals surface area (Å²) in [7, 11) is 0. The molecule has 0 aliphatic heterocycles. The Morgan fingerprint density at radius 1 is 1.25 bits per heavy atom. The predicted octanol–water partition coefficient (Wildman–Crippen LogP) is 2.50. The lowest BCUT2D eigenvalue weighted by Gasteiger charge is -2.41. The molecule has 2 aliphatic rings. The maximum absolute atomic E-state index is 10.4. The molecule has 2 nitrogen and oxygen atoms in total. The van der Waals surface area contributed by atoms with E-state index in [4.69, 9.17) is 5.11 Å². The quantitative estimate of drug-likeness (QED) is 0.708. The Labute approximate surface area is 98.4 Å². The number of aliphatic hydroxyl groups excluding tert-OH is 1. The van der Waals surface area contributed by atoms with Crippen molar-refractivity contribution in [1.82, 2.24) is 0 Å². The van der Waals surface area contributed by atoms with Gasteiger partial charge in [-0.25, -0.2) is 0 Å². The van der Waals surface area contributed by atoms with E-state index in [1.54, 1.807) is 6.08 Å². The van der Waals surface area contributed by atoms with E-state index in [0.29, 0.717) is 11.3 Å². The molecule has 2 heteroatoms. The van der Waals surface area contributed by atoms with E-state index in [9.17, 15) is 5.11 Å². The topological polar surface area (TPSA) is 40.5 Å². The fourth-order valence-electron chi connectivity index (χ4n) is 3.84. The zero-order valence-electron chi connectivity index (χ0n) is 10.4. The van der Waals surface area contributed by atoms with Crippen molar-refractivity contribution in [2.75, 3.05) is 6.61 Å². The molecule has 0 amide bonds. The van der Waals surface area contributed by atoms with Crippen molar-refractivity contribution in [3.05, 3.63) is 12.2 Å². The molecule has 3 atom stereocenters. The number of hydrogen-bond donors (Lipinski definition) is 2. The van der Waals surface area contributed by atoms with Crippen molar-refractivity contribution in [2.45, 2.75) is 51.6 Å². The summed E-state index contributed by atoms with van der Waals surface area (Å²) < 4.78 is 0. The van der Waals surface area contributed by atoms with E-state index in [1.807, 2.05) is 6.08 Å². The second-order valence-electron chi connectivity index (χ2n) is 6.33. The van der Waals surface area contributed by atoms with Crippen LogP contribution in [-0.4, -0.2) is 22.4 Å². The molecule has 2 saturated carbocycles. The van der Waals surface area contributed by atoms with Crippen LogP contribution in [0.5, 0.6) is 0 Å². The van der Waals surface area contributed by atoms with Gasteiger partial charge in [-0.1, -0.05) is 26.0 Å². The maximum Gasteiger partial charge on any atom is 0.0831 e. The van der Waals surface area contributed by atoms with Gasteiger partial charge in [0.1, 0.15) is 0 Å². The molecule has 3 unspecified atom stereocenters. The Bertz CT molecular complexity index is 282. The molecule has 0 spiro atoms. The lowest BCUT2D eigenvalue weighted by molar-refractivity contribution is -0.00375. The van der Waals surface area contributed by atoms with Crippen LogP contribution in [-0.2, 0) is 0 Å². The average molecular weight is 224 g/mol. The Hall–Kier alpha value is -0.340. The number of rotatable bonds is 2. The largest absolute Gasteiger partial charge is 0.392 e. The predicted molar refractivity (Wildman–Crippen MR) is 65.0 cm³/mol. The smallest absolute Gasteiger partial charge is 0.0831 e. The van der Waals surface area contributed by atoms with Crippen molar-refractivity contribution < 1.29 is 10.2 Å². The zero-order valence-corrected chi connectivity index (χ0v) is 10.4. The van der Waals surface area contributed by atoms with Crippen LogP contribution in [0.3, 0.4) is 0 Å². The van der Waals surface area contributed by atoms with Gasteiger partial charge in [0.25, 0.3) is 0 Å². The van der Waals surface area contributed by atoms with Gasteiger partial charge in [0, 0.05) is 0 Å². The van der Waals surface area contributed by atoms with Crippen LogP contribution in [0.2, 0.25) is 0 Å². The normalized spacial score (nSPS) is 42.5. The molecule has 0 aromatic rings. The van der Waals surface area contributed by atoms with Crippen LogP contribution in [0.4, 0.5) is 0 Å². The summed E-state index contributed by atoms with van der Waals surface area (Å²) in [6.07, 6.45) is 8.92. The van der Waals surface area contributed by atoms with Crippen molar-refractivity contribution in [3.8, 4) is 0 Å². The highest BCUT2D eigenvalue weighted by Crippen LogP contribution is 2.54. The van der Waals surface area contributed by atoms with Crippen LogP contribution in [0.1, 0.15) is 46.0 Å². The van der Waals surface area contributed by atoms with Gasteiger partial charge in [-0.05, 0) is 49.4 Å². The monoisotopic (exact) mass is 224 g/mol. The second-order valence-corrected chi connectivity index (χ2v) is 6.33. The van der Waals surface area contributed by atoms with Crippen molar-refractivity contribution in [3.63, 3.8) is 0 Å². The Kier molecular flexibility index (Phi) is 3.15. The van der Waals surface area contributed by atoms with E-state index >= 15 is 0 Å². The van der Waals surface area contributed by atoms with Gasteiger partial charge in [-0.2, -0.15) is 0 Å².